The summed E-state index contributed by atoms with van der Waals surface area (Å²) < 4.78 is 20.0. The Kier molecular flexibility index (Phi) is 7.94. The van der Waals surface area contributed by atoms with Gasteiger partial charge in [0.25, 0.3) is 0 Å². The molecule has 0 amide bonds. The molecule has 1 saturated heterocycles. The number of carbonyl (C=O) groups is 3. The molecule has 1 aliphatic heterocycles. The zero-order valence-corrected chi connectivity index (χ0v) is 20.7. The van der Waals surface area contributed by atoms with Crippen molar-refractivity contribution in [2.75, 3.05) is 20.1 Å². The molecule has 1 N–H and O–H groups in total. The SMILES string of the molecule is Cc1ccc(C(=O)c2ccc(OC(=O)c3ccccc3)c(C(O)=CC(=O)C3CCN(C)CC3)c2)c(F)c1. The van der Waals surface area contributed by atoms with Crippen LogP contribution in [-0.2, 0) is 4.79 Å². The van der Waals surface area contributed by atoms with Gasteiger partial charge in [-0.3, -0.25) is 9.59 Å². The van der Waals surface area contributed by atoms with Gasteiger partial charge in [0.15, 0.2) is 11.6 Å². The molecule has 0 atom stereocenters. The molecular formula is C30H28FNO5. The van der Waals surface area contributed by atoms with Gasteiger partial charge in [0.05, 0.1) is 16.7 Å². The zero-order chi connectivity index (χ0) is 26.5. The molecule has 190 valence electrons. The van der Waals surface area contributed by atoms with Crippen molar-refractivity contribution in [3.8, 4) is 5.75 Å². The van der Waals surface area contributed by atoms with Crippen LogP contribution in [0.4, 0.5) is 4.39 Å². The third-order valence-electron chi connectivity index (χ3n) is 6.50. The number of nitrogens with zero attached hydrogens (tertiary/aromatic N) is 1. The molecule has 1 fully saturated rings. The second kappa shape index (κ2) is 11.3. The second-order valence-corrected chi connectivity index (χ2v) is 9.29. The first-order valence-electron chi connectivity index (χ1n) is 12.1. The van der Waals surface area contributed by atoms with E-state index in [1.54, 1.807) is 43.3 Å². The van der Waals surface area contributed by atoms with E-state index in [-0.39, 0.29) is 34.1 Å². The van der Waals surface area contributed by atoms with Gasteiger partial charge in [-0.15, -0.1) is 0 Å². The average Bonchev–Trinajstić information content (AvgIpc) is 2.89. The molecule has 4 rings (SSSR count). The highest BCUT2D eigenvalue weighted by atomic mass is 19.1. The first kappa shape index (κ1) is 26.0. The maximum atomic E-state index is 14.5. The summed E-state index contributed by atoms with van der Waals surface area (Å²) in [5.41, 5.74) is 0.899. The molecule has 37 heavy (non-hydrogen) atoms. The smallest absolute Gasteiger partial charge is 0.343 e. The van der Waals surface area contributed by atoms with Crippen LogP contribution in [0.25, 0.3) is 5.76 Å². The number of aliphatic hydroxyl groups is 1. The van der Waals surface area contributed by atoms with Crippen molar-refractivity contribution in [1.29, 1.82) is 0 Å². The Hall–Kier alpha value is -4.10. The van der Waals surface area contributed by atoms with Crippen LogP contribution in [0.15, 0.2) is 72.8 Å². The van der Waals surface area contributed by atoms with Gasteiger partial charge < -0.3 is 14.7 Å². The molecule has 7 heteroatoms. The molecule has 1 aliphatic rings. The fraction of sp³-hybridized carbons (Fsp3) is 0.233. The van der Waals surface area contributed by atoms with Crippen LogP contribution >= 0.6 is 0 Å². The Morgan fingerprint density at radius 3 is 2.32 bits per heavy atom. The normalized spacial score (nSPS) is 14.8. The largest absolute Gasteiger partial charge is 0.507 e. The summed E-state index contributed by atoms with van der Waals surface area (Å²) in [5.74, 6) is -2.87. The number of ketones is 2. The second-order valence-electron chi connectivity index (χ2n) is 9.29. The van der Waals surface area contributed by atoms with E-state index in [1.807, 2.05) is 7.05 Å². The zero-order valence-electron chi connectivity index (χ0n) is 20.7. The van der Waals surface area contributed by atoms with Gasteiger partial charge in [0.2, 0.25) is 0 Å². The van der Waals surface area contributed by atoms with Crippen molar-refractivity contribution in [2.45, 2.75) is 19.8 Å². The van der Waals surface area contributed by atoms with Crippen molar-refractivity contribution in [3.05, 3.63) is 106 Å². The monoisotopic (exact) mass is 501 g/mol. The number of ether oxygens (including phenoxy) is 1. The Morgan fingerprint density at radius 1 is 0.946 bits per heavy atom. The number of piperidine rings is 1. The van der Waals surface area contributed by atoms with E-state index in [9.17, 15) is 23.9 Å². The number of halogens is 1. The molecule has 3 aromatic carbocycles. The number of esters is 1. The van der Waals surface area contributed by atoms with Crippen LogP contribution in [0.3, 0.4) is 0 Å². The lowest BCUT2D eigenvalue weighted by Crippen LogP contribution is -2.33. The number of benzene rings is 3. The lowest BCUT2D eigenvalue weighted by Gasteiger charge is -2.27. The minimum absolute atomic E-state index is 0.0103. The molecule has 6 nitrogen and oxygen atoms in total. The maximum absolute atomic E-state index is 14.5. The third kappa shape index (κ3) is 6.19. The van der Waals surface area contributed by atoms with Crippen molar-refractivity contribution < 1.29 is 28.6 Å². The molecule has 0 spiro atoms. The average molecular weight is 502 g/mol. The van der Waals surface area contributed by atoms with Crippen molar-refractivity contribution in [2.24, 2.45) is 5.92 Å². The van der Waals surface area contributed by atoms with Crippen LogP contribution in [0.5, 0.6) is 5.75 Å². The Morgan fingerprint density at radius 2 is 1.65 bits per heavy atom. The van der Waals surface area contributed by atoms with E-state index in [0.29, 0.717) is 24.0 Å². The van der Waals surface area contributed by atoms with Gasteiger partial charge >= 0.3 is 5.97 Å². The summed E-state index contributed by atoms with van der Waals surface area (Å²) in [7, 11) is 1.99. The predicted molar refractivity (Wildman–Crippen MR) is 138 cm³/mol. The molecule has 1 heterocycles. The van der Waals surface area contributed by atoms with Crippen molar-refractivity contribution in [3.63, 3.8) is 0 Å². The lowest BCUT2D eigenvalue weighted by atomic mass is 9.91. The summed E-state index contributed by atoms with van der Waals surface area (Å²) in [6, 6.07) is 16.7. The first-order valence-corrected chi connectivity index (χ1v) is 12.1. The summed E-state index contributed by atoms with van der Waals surface area (Å²) in [6.45, 7) is 3.27. The molecule has 0 saturated carbocycles. The van der Waals surface area contributed by atoms with Crippen LogP contribution in [0.2, 0.25) is 0 Å². The summed E-state index contributed by atoms with van der Waals surface area (Å²) in [5, 5.41) is 11.0. The van der Waals surface area contributed by atoms with Crippen molar-refractivity contribution in [1.82, 2.24) is 4.90 Å². The third-order valence-corrected chi connectivity index (χ3v) is 6.50. The molecule has 0 bridgehead atoms. The molecule has 0 radical (unpaired) electrons. The fourth-order valence-electron chi connectivity index (χ4n) is 4.28. The van der Waals surface area contributed by atoms with Gasteiger partial charge in [-0.2, -0.15) is 0 Å². The van der Waals surface area contributed by atoms with Crippen LogP contribution < -0.4 is 4.74 Å². The topological polar surface area (TPSA) is 83.9 Å². The van der Waals surface area contributed by atoms with Gasteiger partial charge in [-0.05, 0) is 87.9 Å². The molecule has 0 aliphatic carbocycles. The molecule has 0 unspecified atom stereocenters. The Labute approximate surface area is 215 Å². The summed E-state index contributed by atoms with van der Waals surface area (Å²) in [6.07, 6.45) is 2.45. The highest BCUT2D eigenvalue weighted by Gasteiger charge is 2.24. The molecular weight excluding hydrogens is 473 g/mol. The van der Waals surface area contributed by atoms with E-state index in [1.165, 1.54) is 30.3 Å². The number of hydrogen-bond acceptors (Lipinski definition) is 6. The quantitative estimate of drug-likeness (QED) is 0.154. The van der Waals surface area contributed by atoms with Gasteiger partial charge in [-0.1, -0.05) is 24.3 Å². The van der Waals surface area contributed by atoms with Gasteiger partial charge in [0, 0.05) is 17.6 Å². The number of likely N-dealkylation sites (tertiary alicyclic amines) is 1. The maximum Gasteiger partial charge on any atom is 0.343 e. The minimum Gasteiger partial charge on any atom is -0.507 e. The minimum atomic E-state index is -0.667. The summed E-state index contributed by atoms with van der Waals surface area (Å²) in [4.78, 5) is 40.8. The van der Waals surface area contributed by atoms with E-state index < -0.39 is 23.3 Å². The number of rotatable bonds is 7. The van der Waals surface area contributed by atoms with Crippen molar-refractivity contribution >= 4 is 23.3 Å². The fourth-order valence-corrected chi connectivity index (χ4v) is 4.28. The van der Waals surface area contributed by atoms with Crippen LogP contribution in [-0.4, -0.2) is 47.7 Å². The van der Waals surface area contributed by atoms with E-state index in [0.717, 1.165) is 19.2 Å². The van der Waals surface area contributed by atoms with E-state index in [4.69, 9.17) is 4.74 Å². The lowest BCUT2D eigenvalue weighted by molar-refractivity contribution is -0.119. The number of aryl methyl sites for hydroxylation is 1. The van der Waals surface area contributed by atoms with Gasteiger partial charge in [-0.25, -0.2) is 9.18 Å². The summed E-state index contributed by atoms with van der Waals surface area (Å²) >= 11 is 0. The molecule has 0 aromatic heterocycles. The Bertz CT molecular complexity index is 1360. The van der Waals surface area contributed by atoms with E-state index in [2.05, 4.69) is 4.90 Å². The number of aliphatic hydroxyl groups excluding tert-OH is 1. The van der Waals surface area contributed by atoms with Crippen LogP contribution in [0, 0.1) is 18.7 Å². The van der Waals surface area contributed by atoms with Crippen LogP contribution in [0.1, 0.15) is 50.2 Å². The number of hydrogen-bond donors (Lipinski definition) is 1. The molecule has 3 aromatic rings. The highest BCUT2D eigenvalue weighted by Crippen LogP contribution is 2.29. The number of carbonyl (C=O) groups excluding carboxylic acids is 3. The standard InChI is InChI=1S/C30H28FNO5/c1-19-8-10-23(25(31)16-19)29(35)22-9-11-28(37-30(36)21-6-4-3-5-7-21)24(17-22)27(34)18-26(33)20-12-14-32(2)15-13-20/h3-11,16-18,20,34H,12-15H2,1-2H3. The van der Waals surface area contributed by atoms with E-state index >= 15 is 0 Å². The highest BCUT2D eigenvalue weighted by molar-refractivity contribution is 6.10. The first-order chi connectivity index (χ1) is 17.7. The number of allylic oxidation sites excluding steroid dienone is 1. The predicted octanol–water partition coefficient (Wildman–Crippen LogP) is 5.39. The van der Waals surface area contributed by atoms with Gasteiger partial charge in [0.1, 0.15) is 17.3 Å². The Balaban J connectivity index is 1.69.